The first-order chi connectivity index (χ1) is 12.4. The van der Waals surface area contributed by atoms with E-state index < -0.39 is 0 Å². The molecule has 0 aromatic heterocycles. The van der Waals surface area contributed by atoms with Crippen molar-refractivity contribution in [3.05, 3.63) is 12.2 Å². The van der Waals surface area contributed by atoms with Gasteiger partial charge in [-0.1, -0.05) is 55.3 Å². The Labute approximate surface area is 169 Å². The summed E-state index contributed by atoms with van der Waals surface area (Å²) in [6.45, 7) is 10.1. The van der Waals surface area contributed by atoms with E-state index in [2.05, 4.69) is 66.4 Å². The summed E-state index contributed by atoms with van der Waals surface area (Å²) < 4.78 is 0. The molecule has 1 unspecified atom stereocenters. The minimum Gasteiger partial charge on any atom is -0.356 e. The molecule has 0 heterocycles. The highest BCUT2D eigenvalue weighted by atomic mass is 79.9. The second-order valence-electron chi connectivity index (χ2n) is 7.52. The molecule has 5 heteroatoms. The van der Waals surface area contributed by atoms with Crippen LogP contribution in [-0.2, 0) is 9.59 Å². The van der Waals surface area contributed by atoms with Crippen molar-refractivity contribution in [1.29, 1.82) is 0 Å². The molecule has 0 aromatic rings. The number of carbonyl (C=O) groups is 2. The van der Waals surface area contributed by atoms with Crippen LogP contribution in [0, 0.1) is 17.8 Å². The maximum absolute atomic E-state index is 12.0. The standard InChI is InChI=1S/C21H39BrN2O2/c1-5-7-8-10-17(3)13-18(4)14-19(9-6-2)16-24-20(25)11-12-23-21(26)15-22/h5,7,17-19H,6,8-16H2,1-4H3,(H,23,26)(H,24,25)/b7-5+/t17?,18-,19+/m0/s1. The third kappa shape index (κ3) is 14.3. The topological polar surface area (TPSA) is 58.2 Å². The van der Waals surface area contributed by atoms with Crippen LogP contribution >= 0.6 is 15.9 Å². The van der Waals surface area contributed by atoms with Gasteiger partial charge in [0.1, 0.15) is 0 Å². The Hall–Kier alpha value is -0.840. The van der Waals surface area contributed by atoms with Crippen LogP contribution in [-0.4, -0.2) is 30.2 Å². The Kier molecular flexibility index (Phi) is 15.8. The van der Waals surface area contributed by atoms with Gasteiger partial charge in [0.05, 0.1) is 5.33 Å². The third-order valence-corrected chi connectivity index (χ3v) is 5.19. The average Bonchev–Trinajstić information content (AvgIpc) is 2.59. The Morgan fingerprint density at radius 3 is 2.38 bits per heavy atom. The van der Waals surface area contributed by atoms with E-state index in [9.17, 15) is 9.59 Å². The SMILES string of the molecule is C/C=C/CCC(C)C[C@H](C)C[C@@H](CCC)CNC(=O)CCNC(=O)CBr. The van der Waals surface area contributed by atoms with E-state index in [1.54, 1.807) is 0 Å². The summed E-state index contributed by atoms with van der Waals surface area (Å²) in [6.07, 6.45) is 11.9. The summed E-state index contributed by atoms with van der Waals surface area (Å²) in [7, 11) is 0. The fraction of sp³-hybridized carbons (Fsp3) is 0.810. The molecule has 0 fully saturated rings. The lowest BCUT2D eigenvalue weighted by molar-refractivity contribution is -0.121. The Balaban J connectivity index is 4.13. The summed E-state index contributed by atoms with van der Waals surface area (Å²) >= 11 is 3.09. The predicted octanol–water partition coefficient (Wildman–Crippen LogP) is 4.83. The highest BCUT2D eigenvalue weighted by molar-refractivity contribution is 9.09. The Morgan fingerprint density at radius 2 is 1.77 bits per heavy atom. The first-order valence-electron chi connectivity index (χ1n) is 10.1. The molecule has 0 aliphatic heterocycles. The van der Waals surface area contributed by atoms with E-state index in [1.807, 2.05) is 0 Å². The van der Waals surface area contributed by atoms with Crippen LogP contribution in [0.25, 0.3) is 0 Å². The molecule has 152 valence electrons. The zero-order valence-electron chi connectivity index (χ0n) is 17.2. The predicted molar refractivity (Wildman–Crippen MR) is 114 cm³/mol. The van der Waals surface area contributed by atoms with Crippen LogP contribution in [0.4, 0.5) is 0 Å². The maximum atomic E-state index is 12.0. The van der Waals surface area contributed by atoms with Gasteiger partial charge in [-0.3, -0.25) is 9.59 Å². The van der Waals surface area contributed by atoms with Gasteiger partial charge in [-0.05, 0) is 56.8 Å². The quantitative estimate of drug-likeness (QED) is 0.288. The van der Waals surface area contributed by atoms with Crippen LogP contribution in [0.5, 0.6) is 0 Å². The number of hydrogen-bond acceptors (Lipinski definition) is 2. The monoisotopic (exact) mass is 430 g/mol. The van der Waals surface area contributed by atoms with Gasteiger partial charge >= 0.3 is 0 Å². The van der Waals surface area contributed by atoms with Crippen LogP contribution in [0.1, 0.15) is 72.6 Å². The van der Waals surface area contributed by atoms with E-state index in [-0.39, 0.29) is 17.1 Å². The van der Waals surface area contributed by atoms with Crippen LogP contribution in [0.3, 0.4) is 0 Å². The van der Waals surface area contributed by atoms with E-state index in [4.69, 9.17) is 0 Å². The van der Waals surface area contributed by atoms with Gasteiger partial charge in [0.15, 0.2) is 0 Å². The zero-order valence-corrected chi connectivity index (χ0v) is 18.7. The minimum atomic E-state index is -0.0842. The first kappa shape index (κ1) is 25.2. The van der Waals surface area contributed by atoms with Gasteiger partial charge < -0.3 is 10.6 Å². The van der Waals surface area contributed by atoms with Gasteiger partial charge in [0.2, 0.25) is 11.8 Å². The van der Waals surface area contributed by atoms with Crippen molar-refractivity contribution in [2.24, 2.45) is 17.8 Å². The van der Waals surface area contributed by atoms with Crippen LogP contribution < -0.4 is 10.6 Å². The van der Waals surface area contributed by atoms with Gasteiger partial charge in [0, 0.05) is 19.5 Å². The molecule has 0 aliphatic rings. The zero-order chi connectivity index (χ0) is 19.8. The number of nitrogens with one attached hydrogen (secondary N) is 2. The second-order valence-corrected chi connectivity index (χ2v) is 8.08. The Bertz CT molecular complexity index is 413. The van der Waals surface area contributed by atoms with E-state index in [0.717, 1.165) is 25.3 Å². The van der Waals surface area contributed by atoms with Crippen molar-refractivity contribution in [1.82, 2.24) is 10.6 Å². The molecule has 0 aliphatic carbocycles. The van der Waals surface area contributed by atoms with E-state index in [0.29, 0.717) is 24.8 Å². The minimum absolute atomic E-state index is 0.0216. The molecule has 4 nitrogen and oxygen atoms in total. The molecule has 26 heavy (non-hydrogen) atoms. The number of alkyl halides is 1. The largest absolute Gasteiger partial charge is 0.356 e. The molecule has 0 bridgehead atoms. The highest BCUT2D eigenvalue weighted by Gasteiger charge is 2.16. The molecule has 3 atom stereocenters. The fourth-order valence-electron chi connectivity index (χ4n) is 3.44. The number of rotatable bonds is 15. The first-order valence-corrected chi connectivity index (χ1v) is 11.2. The molecular weight excluding hydrogens is 392 g/mol. The Morgan fingerprint density at radius 1 is 1.04 bits per heavy atom. The molecule has 0 saturated heterocycles. The average molecular weight is 431 g/mol. The van der Waals surface area contributed by atoms with Gasteiger partial charge in [-0.2, -0.15) is 0 Å². The lowest BCUT2D eigenvalue weighted by Crippen LogP contribution is -2.34. The molecule has 0 radical (unpaired) electrons. The van der Waals surface area contributed by atoms with E-state index >= 15 is 0 Å². The van der Waals surface area contributed by atoms with Gasteiger partial charge in [-0.15, -0.1) is 0 Å². The van der Waals surface area contributed by atoms with E-state index in [1.165, 1.54) is 25.7 Å². The van der Waals surface area contributed by atoms with Crippen molar-refractivity contribution >= 4 is 27.7 Å². The lowest BCUT2D eigenvalue weighted by atomic mass is 9.85. The van der Waals surface area contributed by atoms with Crippen molar-refractivity contribution in [3.63, 3.8) is 0 Å². The number of halogens is 1. The molecule has 0 rings (SSSR count). The number of hydrogen-bond donors (Lipinski definition) is 2. The molecule has 2 N–H and O–H groups in total. The summed E-state index contributed by atoms with van der Waals surface area (Å²) in [5.74, 6) is 1.91. The third-order valence-electron chi connectivity index (χ3n) is 4.68. The molecule has 0 aromatic carbocycles. The van der Waals surface area contributed by atoms with Crippen molar-refractivity contribution < 1.29 is 9.59 Å². The summed E-state index contributed by atoms with van der Waals surface area (Å²) in [5.41, 5.74) is 0. The fourth-order valence-corrected chi connectivity index (χ4v) is 3.64. The second kappa shape index (κ2) is 16.3. The molecule has 0 spiro atoms. The summed E-state index contributed by atoms with van der Waals surface area (Å²) in [4.78, 5) is 23.1. The molecular formula is C21H39BrN2O2. The normalized spacial score (nSPS) is 14.8. The number of amides is 2. The lowest BCUT2D eigenvalue weighted by Gasteiger charge is -2.23. The van der Waals surface area contributed by atoms with Gasteiger partial charge in [0.25, 0.3) is 0 Å². The van der Waals surface area contributed by atoms with Crippen molar-refractivity contribution in [2.45, 2.75) is 72.6 Å². The van der Waals surface area contributed by atoms with Crippen LogP contribution in [0.2, 0.25) is 0 Å². The smallest absolute Gasteiger partial charge is 0.230 e. The van der Waals surface area contributed by atoms with Gasteiger partial charge in [-0.25, -0.2) is 0 Å². The summed E-state index contributed by atoms with van der Waals surface area (Å²) in [5, 5.41) is 6.02. The maximum Gasteiger partial charge on any atom is 0.230 e. The molecule has 0 saturated carbocycles. The van der Waals surface area contributed by atoms with Crippen molar-refractivity contribution in [2.75, 3.05) is 18.4 Å². The summed E-state index contributed by atoms with van der Waals surface area (Å²) in [6, 6.07) is 0. The molecule has 2 amide bonds. The van der Waals surface area contributed by atoms with Crippen molar-refractivity contribution in [3.8, 4) is 0 Å². The number of carbonyl (C=O) groups excluding carboxylic acids is 2. The highest BCUT2D eigenvalue weighted by Crippen LogP contribution is 2.24. The van der Waals surface area contributed by atoms with Crippen LogP contribution in [0.15, 0.2) is 12.2 Å². The number of allylic oxidation sites excluding steroid dienone is 2.